The Labute approximate surface area is 166 Å². The van der Waals surface area contributed by atoms with Crippen LogP contribution in [0.25, 0.3) is 11.4 Å². The molecule has 0 unspecified atom stereocenters. The number of carbonyl (C=O) groups is 1. The van der Waals surface area contributed by atoms with Crippen molar-refractivity contribution >= 4 is 5.91 Å². The standard InChI is InChI=1S/C21H31N5O2/c1-16(2)17-4-6-18(7-5-17)21-24-20(28-25-21)9-8-19(27)23-10-3-13-26-14-11-22-12-15-26/h4-7,16,22H,3,8-15H2,1-2H3,(H,23,27). The predicted octanol–water partition coefficient (Wildman–Crippen LogP) is 2.20. The molecule has 0 atom stereocenters. The highest BCUT2D eigenvalue weighted by molar-refractivity contribution is 5.75. The van der Waals surface area contributed by atoms with Crippen LogP contribution in [0.1, 0.15) is 44.1 Å². The third-order valence-electron chi connectivity index (χ3n) is 5.05. The number of hydrogen-bond donors (Lipinski definition) is 2. The number of rotatable bonds is 9. The van der Waals surface area contributed by atoms with Crippen molar-refractivity contribution in [2.75, 3.05) is 39.3 Å². The fourth-order valence-corrected chi connectivity index (χ4v) is 3.26. The van der Waals surface area contributed by atoms with Crippen LogP contribution in [0.2, 0.25) is 0 Å². The first-order chi connectivity index (χ1) is 13.6. The maximum atomic E-state index is 12.0. The molecule has 28 heavy (non-hydrogen) atoms. The Balaban J connectivity index is 1.37. The minimum Gasteiger partial charge on any atom is -0.356 e. The molecule has 2 heterocycles. The van der Waals surface area contributed by atoms with Gasteiger partial charge in [0.05, 0.1) is 0 Å². The third kappa shape index (κ3) is 6.14. The summed E-state index contributed by atoms with van der Waals surface area (Å²) in [6, 6.07) is 8.19. The lowest BCUT2D eigenvalue weighted by Gasteiger charge is -2.27. The van der Waals surface area contributed by atoms with Crippen molar-refractivity contribution in [1.29, 1.82) is 0 Å². The Morgan fingerprint density at radius 3 is 2.71 bits per heavy atom. The summed E-state index contributed by atoms with van der Waals surface area (Å²) in [5, 5.41) is 10.4. The number of nitrogens with zero attached hydrogens (tertiary/aromatic N) is 3. The summed E-state index contributed by atoms with van der Waals surface area (Å²) in [5.41, 5.74) is 2.21. The van der Waals surface area contributed by atoms with E-state index in [9.17, 15) is 4.79 Å². The molecule has 0 spiro atoms. The number of aromatic nitrogens is 2. The molecule has 7 heteroatoms. The highest BCUT2D eigenvalue weighted by Gasteiger charge is 2.12. The van der Waals surface area contributed by atoms with Crippen LogP contribution in [0.15, 0.2) is 28.8 Å². The fourth-order valence-electron chi connectivity index (χ4n) is 3.26. The van der Waals surface area contributed by atoms with Gasteiger partial charge < -0.3 is 20.1 Å². The minimum absolute atomic E-state index is 0.0290. The molecule has 0 saturated carbocycles. The number of nitrogens with one attached hydrogen (secondary N) is 2. The lowest BCUT2D eigenvalue weighted by molar-refractivity contribution is -0.121. The summed E-state index contributed by atoms with van der Waals surface area (Å²) in [7, 11) is 0. The largest absolute Gasteiger partial charge is 0.356 e. The Kier molecular flexibility index (Phi) is 7.56. The van der Waals surface area contributed by atoms with Crippen molar-refractivity contribution in [3.05, 3.63) is 35.7 Å². The number of piperazine rings is 1. The summed E-state index contributed by atoms with van der Waals surface area (Å²) in [6.07, 6.45) is 1.80. The summed E-state index contributed by atoms with van der Waals surface area (Å²) < 4.78 is 5.30. The number of benzene rings is 1. The van der Waals surface area contributed by atoms with E-state index in [1.807, 2.05) is 12.1 Å². The van der Waals surface area contributed by atoms with Gasteiger partial charge in [-0.05, 0) is 24.4 Å². The number of amides is 1. The van der Waals surface area contributed by atoms with Gasteiger partial charge in [0.2, 0.25) is 17.6 Å². The molecule has 2 N–H and O–H groups in total. The number of hydrogen-bond acceptors (Lipinski definition) is 6. The summed E-state index contributed by atoms with van der Waals surface area (Å²) in [6.45, 7) is 10.4. The van der Waals surface area contributed by atoms with Crippen molar-refractivity contribution in [1.82, 2.24) is 25.7 Å². The van der Waals surface area contributed by atoms with Gasteiger partial charge in [-0.1, -0.05) is 43.3 Å². The molecular weight excluding hydrogens is 354 g/mol. The summed E-state index contributed by atoms with van der Waals surface area (Å²) in [4.78, 5) is 18.9. The topological polar surface area (TPSA) is 83.3 Å². The van der Waals surface area contributed by atoms with E-state index < -0.39 is 0 Å². The maximum absolute atomic E-state index is 12.0. The van der Waals surface area contributed by atoms with Crippen LogP contribution in [0, 0.1) is 0 Å². The van der Waals surface area contributed by atoms with E-state index in [-0.39, 0.29) is 5.91 Å². The quantitative estimate of drug-likeness (QED) is 0.644. The third-order valence-corrected chi connectivity index (χ3v) is 5.05. The van der Waals surface area contributed by atoms with Crippen LogP contribution in [-0.4, -0.2) is 60.2 Å². The van der Waals surface area contributed by atoms with E-state index in [2.05, 4.69) is 51.7 Å². The van der Waals surface area contributed by atoms with Crippen LogP contribution in [0.4, 0.5) is 0 Å². The lowest BCUT2D eigenvalue weighted by atomic mass is 10.0. The van der Waals surface area contributed by atoms with E-state index in [1.54, 1.807) is 0 Å². The van der Waals surface area contributed by atoms with Crippen LogP contribution in [0.5, 0.6) is 0 Å². The molecule has 1 aromatic carbocycles. The zero-order chi connectivity index (χ0) is 19.8. The summed E-state index contributed by atoms with van der Waals surface area (Å²) in [5.74, 6) is 1.59. The van der Waals surface area contributed by atoms with Crippen LogP contribution in [0.3, 0.4) is 0 Å². The molecule has 0 bridgehead atoms. The first-order valence-electron chi connectivity index (χ1n) is 10.2. The van der Waals surface area contributed by atoms with Crippen molar-refractivity contribution in [2.45, 2.75) is 39.0 Å². The molecule has 7 nitrogen and oxygen atoms in total. The molecule has 2 aromatic rings. The summed E-state index contributed by atoms with van der Waals surface area (Å²) >= 11 is 0. The van der Waals surface area contributed by atoms with E-state index in [0.717, 1.165) is 44.7 Å². The Morgan fingerprint density at radius 2 is 2.00 bits per heavy atom. The second-order valence-electron chi connectivity index (χ2n) is 7.58. The van der Waals surface area contributed by atoms with Gasteiger partial charge in [0.15, 0.2) is 0 Å². The van der Waals surface area contributed by atoms with Crippen LogP contribution in [-0.2, 0) is 11.2 Å². The van der Waals surface area contributed by atoms with Crippen molar-refractivity contribution in [2.24, 2.45) is 0 Å². The highest BCUT2D eigenvalue weighted by atomic mass is 16.5. The molecule has 1 amide bonds. The normalized spacial score (nSPS) is 15.1. The monoisotopic (exact) mass is 385 g/mol. The maximum Gasteiger partial charge on any atom is 0.227 e. The molecule has 1 aliphatic heterocycles. The van der Waals surface area contributed by atoms with Gasteiger partial charge in [-0.2, -0.15) is 4.98 Å². The second kappa shape index (κ2) is 10.3. The van der Waals surface area contributed by atoms with Gasteiger partial charge in [0, 0.05) is 51.1 Å². The van der Waals surface area contributed by atoms with Crippen LogP contribution >= 0.6 is 0 Å². The zero-order valence-electron chi connectivity index (χ0n) is 16.9. The first-order valence-corrected chi connectivity index (χ1v) is 10.2. The van der Waals surface area contributed by atoms with E-state index in [0.29, 0.717) is 37.0 Å². The Hall–Kier alpha value is -2.25. The molecular formula is C21H31N5O2. The molecule has 3 rings (SSSR count). The molecule has 0 aliphatic carbocycles. The van der Waals surface area contributed by atoms with Gasteiger partial charge in [-0.15, -0.1) is 0 Å². The van der Waals surface area contributed by atoms with Crippen molar-refractivity contribution in [3.8, 4) is 11.4 Å². The average Bonchev–Trinajstić information content (AvgIpc) is 3.19. The van der Waals surface area contributed by atoms with Gasteiger partial charge in [-0.3, -0.25) is 4.79 Å². The van der Waals surface area contributed by atoms with Gasteiger partial charge in [0.25, 0.3) is 0 Å². The Bertz CT molecular complexity index is 736. The van der Waals surface area contributed by atoms with E-state index >= 15 is 0 Å². The highest BCUT2D eigenvalue weighted by Crippen LogP contribution is 2.20. The smallest absolute Gasteiger partial charge is 0.227 e. The Morgan fingerprint density at radius 1 is 1.25 bits per heavy atom. The molecule has 0 radical (unpaired) electrons. The van der Waals surface area contributed by atoms with E-state index in [4.69, 9.17) is 4.52 Å². The number of aryl methyl sites for hydroxylation is 1. The molecule has 1 aliphatic rings. The van der Waals surface area contributed by atoms with Gasteiger partial charge >= 0.3 is 0 Å². The second-order valence-corrected chi connectivity index (χ2v) is 7.58. The molecule has 152 valence electrons. The predicted molar refractivity (Wildman–Crippen MR) is 109 cm³/mol. The van der Waals surface area contributed by atoms with Crippen molar-refractivity contribution < 1.29 is 9.32 Å². The zero-order valence-corrected chi connectivity index (χ0v) is 16.9. The van der Waals surface area contributed by atoms with Crippen LogP contribution < -0.4 is 10.6 Å². The minimum atomic E-state index is 0.0290. The average molecular weight is 386 g/mol. The van der Waals surface area contributed by atoms with Gasteiger partial charge in [-0.25, -0.2) is 0 Å². The van der Waals surface area contributed by atoms with E-state index in [1.165, 1.54) is 5.56 Å². The number of carbonyl (C=O) groups excluding carboxylic acids is 1. The molecule has 1 fully saturated rings. The van der Waals surface area contributed by atoms with Crippen molar-refractivity contribution in [3.63, 3.8) is 0 Å². The molecule has 1 saturated heterocycles. The fraction of sp³-hybridized carbons (Fsp3) is 0.571. The molecule has 1 aromatic heterocycles. The lowest BCUT2D eigenvalue weighted by Crippen LogP contribution is -2.44. The SMILES string of the molecule is CC(C)c1ccc(-c2noc(CCC(=O)NCCCN3CCNCC3)n2)cc1. The first kappa shape index (κ1) is 20.5. The van der Waals surface area contributed by atoms with Gasteiger partial charge in [0.1, 0.15) is 0 Å².